The second-order valence-corrected chi connectivity index (χ2v) is 25.7. The summed E-state index contributed by atoms with van der Waals surface area (Å²) in [6.07, 6.45) is 0. The minimum atomic E-state index is 0.636. The van der Waals surface area contributed by atoms with E-state index in [0.29, 0.717) is 5.82 Å². The Hall–Kier alpha value is -13.2. The van der Waals surface area contributed by atoms with Crippen LogP contribution in [0.3, 0.4) is 0 Å². The molecule has 15 aromatic carbocycles. The van der Waals surface area contributed by atoms with Gasteiger partial charge in [0.25, 0.3) is 0 Å². The van der Waals surface area contributed by atoms with E-state index < -0.39 is 0 Å². The molecule has 0 atom stereocenters. The van der Waals surface area contributed by atoms with Gasteiger partial charge in [0.05, 0.1) is 55.3 Å². The van der Waals surface area contributed by atoms with E-state index in [0.717, 1.165) is 106 Å². The van der Waals surface area contributed by atoms with Crippen LogP contribution in [-0.4, -0.2) is 28.2 Å². The predicted octanol–water partition coefficient (Wildman–Crippen LogP) is 24.0. The Kier molecular flexibility index (Phi) is 12.6. The van der Waals surface area contributed by atoms with Crippen LogP contribution < -0.4 is 0 Å². The van der Waals surface area contributed by atoms with Gasteiger partial charge in [-0.15, -0.1) is 0 Å². The molecular weight excluding hydrogens is 1190 g/mol. The zero-order chi connectivity index (χ0) is 64.4. The Labute approximate surface area is 564 Å². The number of aromatic nitrogens is 6. The standard InChI is InChI=1S/C92H58N6/c1-4-22-59(23-5-1)60-24-20-25-61(50-60)62-26-21-27-67(51-62)91-77-36-10-15-37-82(77)93-92(94-91)68-52-71(97-85-40-18-13-34-75(85)80-56-65(44-48-89(80)97)63-42-46-87-78(54-63)73-32-11-16-38-83(73)95(87)69-28-6-2-7-29-69)58-72(53-68)98-86-41-19-14-35-76(86)81-57-66(45-49-90(81)98)64-43-47-88-79(55-64)74-33-12-17-39-84(74)96(88)70-30-8-3-9-31-70/h1-58H. The molecule has 0 aliphatic rings. The zero-order valence-electron chi connectivity index (χ0n) is 53.2. The van der Waals surface area contributed by atoms with Crippen LogP contribution in [-0.2, 0) is 0 Å². The molecule has 0 radical (unpaired) electrons. The normalized spacial score (nSPS) is 11.9. The third-order valence-electron chi connectivity index (χ3n) is 20.1. The minimum Gasteiger partial charge on any atom is -0.309 e. The molecule has 5 heterocycles. The van der Waals surface area contributed by atoms with E-state index in [1.165, 1.54) is 76.3 Å². The summed E-state index contributed by atoms with van der Waals surface area (Å²) in [5.74, 6) is 0.636. The second-order valence-electron chi connectivity index (χ2n) is 25.7. The Balaban J connectivity index is 0.781. The lowest BCUT2D eigenvalue weighted by atomic mass is 9.96. The molecule has 0 amide bonds. The van der Waals surface area contributed by atoms with Gasteiger partial charge in [0.15, 0.2) is 5.82 Å². The summed E-state index contributed by atoms with van der Waals surface area (Å²) in [6.45, 7) is 0. The molecule has 0 aliphatic carbocycles. The zero-order valence-corrected chi connectivity index (χ0v) is 53.2. The Morgan fingerprint density at radius 1 is 0.163 bits per heavy atom. The number of hydrogen-bond donors (Lipinski definition) is 0. The topological polar surface area (TPSA) is 45.5 Å². The summed E-state index contributed by atoms with van der Waals surface area (Å²) in [4.78, 5) is 11.2. The highest BCUT2D eigenvalue weighted by Gasteiger charge is 2.23. The molecule has 98 heavy (non-hydrogen) atoms. The number of nitrogens with zero attached hydrogens (tertiary/aromatic N) is 6. The number of hydrogen-bond acceptors (Lipinski definition) is 2. The third-order valence-corrected chi connectivity index (χ3v) is 20.1. The molecule has 456 valence electrons. The maximum Gasteiger partial charge on any atom is 0.160 e. The fourth-order valence-electron chi connectivity index (χ4n) is 15.6. The molecule has 20 rings (SSSR count). The quantitative estimate of drug-likeness (QED) is 0.137. The van der Waals surface area contributed by atoms with Gasteiger partial charge in [0, 0.05) is 82.4 Å². The molecule has 0 N–H and O–H groups in total. The van der Waals surface area contributed by atoms with Gasteiger partial charge in [0.1, 0.15) is 0 Å². The van der Waals surface area contributed by atoms with E-state index in [1.54, 1.807) is 0 Å². The first-order chi connectivity index (χ1) is 48.6. The van der Waals surface area contributed by atoms with Gasteiger partial charge in [-0.1, -0.05) is 218 Å². The van der Waals surface area contributed by atoms with Crippen molar-refractivity contribution in [1.82, 2.24) is 28.2 Å². The third kappa shape index (κ3) is 8.89. The van der Waals surface area contributed by atoms with Crippen LogP contribution in [0.5, 0.6) is 0 Å². The molecule has 0 unspecified atom stereocenters. The summed E-state index contributed by atoms with van der Waals surface area (Å²) in [5.41, 5.74) is 26.3. The SMILES string of the molecule is c1ccc(-c2cccc(-c3cccc(-c4nc(-c5cc(-n6c7ccccc7c7cc(-c8ccc9c(c8)c8ccccc8n9-c8ccccc8)ccc76)cc(-n6c7ccccc7c7cc(-c8ccc9c(c8)c8ccccc8n9-c8ccccc8)ccc76)c5)nc5ccccc45)c3)c2)cc1. The van der Waals surface area contributed by atoms with E-state index in [9.17, 15) is 0 Å². The Morgan fingerprint density at radius 2 is 0.469 bits per heavy atom. The highest BCUT2D eigenvalue weighted by molar-refractivity contribution is 6.15. The molecule has 6 nitrogen and oxygen atoms in total. The maximum atomic E-state index is 5.71. The largest absolute Gasteiger partial charge is 0.309 e. The van der Waals surface area contributed by atoms with Gasteiger partial charge in [-0.2, -0.15) is 0 Å². The average Bonchev–Trinajstić information content (AvgIpc) is 1.55. The highest BCUT2D eigenvalue weighted by Crippen LogP contribution is 2.44. The van der Waals surface area contributed by atoms with Crippen molar-refractivity contribution in [2.24, 2.45) is 0 Å². The van der Waals surface area contributed by atoms with Crippen molar-refractivity contribution in [2.75, 3.05) is 0 Å². The summed E-state index contributed by atoms with van der Waals surface area (Å²) in [5, 5.41) is 10.6. The van der Waals surface area contributed by atoms with Gasteiger partial charge >= 0.3 is 0 Å². The van der Waals surface area contributed by atoms with Crippen molar-refractivity contribution in [1.29, 1.82) is 0 Å². The fourth-order valence-corrected chi connectivity index (χ4v) is 15.6. The van der Waals surface area contributed by atoms with Crippen molar-refractivity contribution >= 4 is 98.1 Å². The first-order valence-corrected chi connectivity index (χ1v) is 33.5. The van der Waals surface area contributed by atoms with Crippen molar-refractivity contribution < 1.29 is 0 Å². The first kappa shape index (κ1) is 55.3. The molecule has 0 bridgehead atoms. The van der Waals surface area contributed by atoms with Crippen molar-refractivity contribution in [3.63, 3.8) is 0 Å². The minimum absolute atomic E-state index is 0.636. The molecule has 0 aliphatic heterocycles. The van der Waals surface area contributed by atoms with Crippen LogP contribution in [0.25, 0.3) is 188 Å². The molecule has 20 aromatic rings. The predicted molar refractivity (Wildman–Crippen MR) is 410 cm³/mol. The monoisotopic (exact) mass is 1250 g/mol. The first-order valence-electron chi connectivity index (χ1n) is 33.5. The molecule has 0 spiro atoms. The van der Waals surface area contributed by atoms with Gasteiger partial charge in [-0.05, 0) is 178 Å². The number of benzene rings is 15. The molecule has 6 heteroatoms. The van der Waals surface area contributed by atoms with Crippen molar-refractivity contribution in [3.8, 4) is 89.9 Å². The van der Waals surface area contributed by atoms with E-state index in [2.05, 4.69) is 370 Å². The van der Waals surface area contributed by atoms with Crippen molar-refractivity contribution in [2.45, 2.75) is 0 Å². The van der Waals surface area contributed by atoms with Gasteiger partial charge in [-0.25, -0.2) is 9.97 Å². The fraction of sp³-hybridized carbons (Fsp3) is 0. The summed E-state index contributed by atoms with van der Waals surface area (Å²) in [6, 6.07) is 128. The molecular formula is C92H58N6. The molecule has 0 fully saturated rings. The Morgan fingerprint density at radius 3 is 0.898 bits per heavy atom. The molecule has 0 saturated heterocycles. The number of rotatable bonds is 10. The van der Waals surface area contributed by atoms with Gasteiger partial charge in [-0.3, -0.25) is 0 Å². The van der Waals surface area contributed by atoms with Crippen LogP contribution in [0.2, 0.25) is 0 Å². The van der Waals surface area contributed by atoms with Crippen molar-refractivity contribution in [3.05, 3.63) is 352 Å². The average molecular weight is 1250 g/mol. The summed E-state index contributed by atoms with van der Waals surface area (Å²) in [7, 11) is 0. The summed E-state index contributed by atoms with van der Waals surface area (Å²) >= 11 is 0. The van der Waals surface area contributed by atoms with Gasteiger partial charge in [0.2, 0.25) is 0 Å². The lowest BCUT2D eigenvalue weighted by Gasteiger charge is -2.16. The lowest BCUT2D eigenvalue weighted by Crippen LogP contribution is -2.02. The van der Waals surface area contributed by atoms with E-state index >= 15 is 0 Å². The highest BCUT2D eigenvalue weighted by atomic mass is 15.0. The van der Waals surface area contributed by atoms with Gasteiger partial charge < -0.3 is 18.3 Å². The maximum absolute atomic E-state index is 5.71. The van der Waals surface area contributed by atoms with E-state index in [-0.39, 0.29) is 0 Å². The summed E-state index contributed by atoms with van der Waals surface area (Å²) < 4.78 is 9.66. The number of para-hydroxylation sites is 7. The molecule has 0 saturated carbocycles. The Bertz CT molecular complexity index is 6310. The van der Waals surface area contributed by atoms with E-state index in [1.807, 2.05) is 0 Å². The number of fused-ring (bicyclic) bond motifs is 13. The van der Waals surface area contributed by atoms with Crippen LogP contribution in [0.15, 0.2) is 352 Å². The lowest BCUT2D eigenvalue weighted by molar-refractivity contribution is 1.13. The van der Waals surface area contributed by atoms with Crippen LogP contribution in [0.4, 0.5) is 0 Å². The van der Waals surface area contributed by atoms with Crippen LogP contribution in [0, 0.1) is 0 Å². The van der Waals surface area contributed by atoms with Crippen LogP contribution >= 0.6 is 0 Å². The van der Waals surface area contributed by atoms with Crippen LogP contribution in [0.1, 0.15) is 0 Å². The smallest absolute Gasteiger partial charge is 0.160 e. The van der Waals surface area contributed by atoms with E-state index in [4.69, 9.17) is 9.97 Å². The molecule has 5 aromatic heterocycles. The second kappa shape index (κ2) is 22.2.